The van der Waals surface area contributed by atoms with Crippen molar-refractivity contribution in [1.82, 2.24) is 5.32 Å². The van der Waals surface area contributed by atoms with Crippen LogP contribution in [0.15, 0.2) is 10.5 Å². The van der Waals surface area contributed by atoms with E-state index in [4.69, 9.17) is 9.52 Å². The van der Waals surface area contributed by atoms with Crippen LogP contribution in [0.4, 0.5) is 0 Å². The third kappa shape index (κ3) is 3.08. The van der Waals surface area contributed by atoms with Crippen LogP contribution in [0.1, 0.15) is 28.8 Å². The minimum Gasteiger partial charge on any atom is -0.465 e. The van der Waals surface area contributed by atoms with Gasteiger partial charge in [-0.15, -0.1) is 0 Å². The van der Waals surface area contributed by atoms with Gasteiger partial charge in [-0.1, -0.05) is 0 Å². The maximum Gasteiger partial charge on any atom is 0.341 e. The average Bonchev–Trinajstić information content (AvgIpc) is 2.66. The molecule has 0 aromatic carbocycles. The van der Waals surface area contributed by atoms with E-state index in [9.17, 15) is 4.79 Å². The van der Waals surface area contributed by atoms with E-state index in [2.05, 4.69) is 10.1 Å². The lowest BCUT2D eigenvalue weighted by Gasteiger charge is -2.07. The first-order valence-corrected chi connectivity index (χ1v) is 5.10. The van der Waals surface area contributed by atoms with E-state index < -0.39 is 5.97 Å². The number of furan rings is 1. The lowest BCUT2D eigenvalue weighted by molar-refractivity contribution is 0.0599. The highest BCUT2D eigenvalue weighted by Crippen LogP contribution is 2.15. The number of carbonyl (C=O) groups is 1. The van der Waals surface area contributed by atoms with Crippen molar-refractivity contribution in [3.8, 4) is 0 Å². The summed E-state index contributed by atoms with van der Waals surface area (Å²) in [5, 5.41) is 11.9. The molecule has 0 unspecified atom stereocenters. The van der Waals surface area contributed by atoms with Gasteiger partial charge >= 0.3 is 5.97 Å². The van der Waals surface area contributed by atoms with Crippen molar-refractivity contribution in [3.05, 3.63) is 23.2 Å². The fourth-order valence-electron chi connectivity index (χ4n) is 1.28. The number of nitrogens with one attached hydrogen (secondary N) is 1. The highest BCUT2D eigenvalue weighted by molar-refractivity contribution is 5.90. The molecule has 5 heteroatoms. The molecule has 0 spiro atoms. The molecule has 2 N–H and O–H groups in total. The first kappa shape index (κ1) is 12.7. The van der Waals surface area contributed by atoms with Crippen molar-refractivity contribution >= 4 is 5.97 Å². The second-order valence-electron chi connectivity index (χ2n) is 3.64. The predicted molar refractivity (Wildman–Crippen MR) is 58.2 cm³/mol. The van der Waals surface area contributed by atoms with Crippen molar-refractivity contribution in [2.45, 2.75) is 26.4 Å². The van der Waals surface area contributed by atoms with Gasteiger partial charge in [0.25, 0.3) is 0 Å². The van der Waals surface area contributed by atoms with Gasteiger partial charge in [-0.25, -0.2) is 4.79 Å². The number of aliphatic hydroxyl groups excluding tert-OH is 1. The summed E-state index contributed by atoms with van der Waals surface area (Å²) in [4.78, 5) is 11.3. The van der Waals surface area contributed by atoms with Crippen LogP contribution < -0.4 is 5.32 Å². The zero-order valence-electron chi connectivity index (χ0n) is 9.74. The SMILES string of the molecule is COC(=O)c1cc(CN[C@@H](C)CO)oc1C. The summed E-state index contributed by atoms with van der Waals surface area (Å²) in [7, 11) is 1.33. The van der Waals surface area contributed by atoms with Gasteiger partial charge in [0.1, 0.15) is 17.1 Å². The zero-order chi connectivity index (χ0) is 12.1. The number of esters is 1. The monoisotopic (exact) mass is 227 g/mol. The Kier molecular flexibility index (Phi) is 4.52. The standard InChI is InChI=1S/C11H17NO4/c1-7(6-13)12-5-9-4-10(8(2)16-9)11(14)15-3/h4,7,12-13H,5-6H2,1-3H3/t7-/m0/s1. The van der Waals surface area contributed by atoms with Crippen LogP contribution >= 0.6 is 0 Å². The van der Waals surface area contributed by atoms with Gasteiger partial charge < -0.3 is 19.6 Å². The topological polar surface area (TPSA) is 71.7 Å². The van der Waals surface area contributed by atoms with Crippen LogP contribution in [0.3, 0.4) is 0 Å². The Morgan fingerprint density at radius 3 is 2.94 bits per heavy atom. The molecule has 16 heavy (non-hydrogen) atoms. The zero-order valence-corrected chi connectivity index (χ0v) is 9.74. The fraction of sp³-hybridized carbons (Fsp3) is 0.545. The molecule has 0 amide bonds. The van der Waals surface area contributed by atoms with Crippen molar-refractivity contribution in [3.63, 3.8) is 0 Å². The lowest BCUT2D eigenvalue weighted by Crippen LogP contribution is -2.28. The minimum atomic E-state index is -0.400. The minimum absolute atomic E-state index is 0.00742. The first-order valence-electron chi connectivity index (χ1n) is 5.10. The number of ether oxygens (including phenoxy) is 1. The van der Waals surface area contributed by atoms with E-state index in [0.717, 1.165) is 0 Å². The molecule has 5 nitrogen and oxygen atoms in total. The summed E-state index contributed by atoms with van der Waals surface area (Å²) in [5.74, 6) is 0.793. The summed E-state index contributed by atoms with van der Waals surface area (Å²) in [5.41, 5.74) is 0.441. The van der Waals surface area contributed by atoms with Gasteiger partial charge in [-0.05, 0) is 19.9 Å². The largest absolute Gasteiger partial charge is 0.465 e. The predicted octanol–water partition coefficient (Wildman–Crippen LogP) is 0.845. The van der Waals surface area contributed by atoms with Crippen LogP contribution in [0.25, 0.3) is 0 Å². The highest BCUT2D eigenvalue weighted by Gasteiger charge is 2.15. The molecular formula is C11H17NO4. The third-order valence-electron chi connectivity index (χ3n) is 2.27. The fourth-order valence-corrected chi connectivity index (χ4v) is 1.28. The van der Waals surface area contributed by atoms with E-state index in [1.807, 2.05) is 6.92 Å². The first-order chi connectivity index (χ1) is 7.58. The molecule has 1 aromatic rings. The Morgan fingerprint density at radius 2 is 2.38 bits per heavy atom. The number of hydrogen-bond acceptors (Lipinski definition) is 5. The molecule has 0 saturated carbocycles. The Bertz CT molecular complexity index is 359. The number of rotatable bonds is 5. The molecule has 1 atom stereocenters. The van der Waals surface area contributed by atoms with E-state index in [1.165, 1.54) is 7.11 Å². The Labute approximate surface area is 94.4 Å². The molecule has 0 aliphatic heterocycles. The molecule has 0 saturated heterocycles. The van der Waals surface area contributed by atoms with Gasteiger partial charge in [0.2, 0.25) is 0 Å². The van der Waals surface area contributed by atoms with Crippen LogP contribution in [0, 0.1) is 6.92 Å². The summed E-state index contributed by atoms with van der Waals surface area (Å²) < 4.78 is 10.0. The van der Waals surface area contributed by atoms with Gasteiger partial charge in [0.15, 0.2) is 0 Å². The summed E-state index contributed by atoms with van der Waals surface area (Å²) in [6, 6.07) is 1.64. The maximum atomic E-state index is 11.3. The summed E-state index contributed by atoms with van der Waals surface area (Å²) >= 11 is 0. The molecule has 1 heterocycles. The van der Waals surface area contributed by atoms with Gasteiger partial charge in [-0.2, -0.15) is 0 Å². The quantitative estimate of drug-likeness (QED) is 0.729. The van der Waals surface area contributed by atoms with Crippen molar-refractivity contribution < 1.29 is 19.1 Å². The van der Waals surface area contributed by atoms with Crippen molar-refractivity contribution in [2.75, 3.05) is 13.7 Å². The third-order valence-corrected chi connectivity index (χ3v) is 2.27. The maximum absolute atomic E-state index is 11.3. The van der Waals surface area contributed by atoms with Crippen LogP contribution in [-0.4, -0.2) is 30.8 Å². The number of aliphatic hydroxyl groups is 1. The van der Waals surface area contributed by atoms with Crippen molar-refractivity contribution in [1.29, 1.82) is 0 Å². The Balaban J connectivity index is 2.66. The second kappa shape index (κ2) is 5.67. The van der Waals surface area contributed by atoms with Gasteiger partial charge in [-0.3, -0.25) is 0 Å². The van der Waals surface area contributed by atoms with Gasteiger partial charge in [0, 0.05) is 6.04 Å². The van der Waals surface area contributed by atoms with E-state index in [-0.39, 0.29) is 12.6 Å². The van der Waals surface area contributed by atoms with Crippen LogP contribution in [0.5, 0.6) is 0 Å². The molecule has 0 radical (unpaired) electrons. The number of aryl methyl sites for hydroxylation is 1. The molecule has 0 fully saturated rings. The lowest BCUT2D eigenvalue weighted by atomic mass is 10.2. The van der Waals surface area contributed by atoms with Crippen LogP contribution in [0.2, 0.25) is 0 Å². The van der Waals surface area contributed by atoms with E-state index >= 15 is 0 Å². The molecule has 0 aliphatic rings. The summed E-state index contributed by atoms with van der Waals surface area (Å²) in [6.45, 7) is 4.10. The summed E-state index contributed by atoms with van der Waals surface area (Å²) in [6.07, 6.45) is 0. The molecule has 1 rings (SSSR count). The van der Waals surface area contributed by atoms with Crippen molar-refractivity contribution in [2.24, 2.45) is 0 Å². The van der Waals surface area contributed by atoms with Gasteiger partial charge in [0.05, 0.1) is 20.3 Å². The normalized spacial score (nSPS) is 12.5. The molecule has 90 valence electrons. The Hall–Kier alpha value is -1.33. The highest BCUT2D eigenvalue weighted by atomic mass is 16.5. The number of hydrogen-bond donors (Lipinski definition) is 2. The molecule has 1 aromatic heterocycles. The average molecular weight is 227 g/mol. The number of carbonyl (C=O) groups excluding carboxylic acids is 1. The Morgan fingerprint density at radius 1 is 1.69 bits per heavy atom. The van der Waals surface area contributed by atoms with E-state index in [0.29, 0.717) is 23.6 Å². The molecular weight excluding hydrogens is 210 g/mol. The van der Waals surface area contributed by atoms with E-state index in [1.54, 1.807) is 13.0 Å². The molecule has 0 bridgehead atoms. The number of methoxy groups -OCH3 is 1. The molecule has 0 aliphatic carbocycles. The second-order valence-corrected chi connectivity index (χ2v) is 3.64. The van der Waals surface area contributed by atoms with Crippen LogP contribution in [-0.2, 0) is 11.3 Å². The smallest absolute Gasteiger partial charge is 0.341 e.